The minimum atomic E-state index is -0.296. The number of amides is 3. The number of urea groups is 1. The van der Waals surface area contributed by atoms with Gasteiger partial charge in [0.15, 0.2) is 0 Å². The number of imide groups is 1. The van der Waals surface area contributed by atoms with Crippen LogP contribution in [0.25, 0.3) is 0 Å². The number of thioether (sulfide) groups is 1. The molecule has 0 saturated carbocycles. The van der Waals surface area contributed by atoms with Gasteiger partial charge in [-0.1, -0.05) is 6.92 Å². The number of carbonyl (C=O) groups is 2. The van der Waals surface area contributed by atoms with Crippen molar-refractivity contribution in [2.24, 2.45) is 0 Å². The number of hydrogen-bond acceptors (Lipinski definition) is 4. The predicted octanol–water partition coefficient (Wildman–Crippen LogP) is 0.0423. The molecule has 1 unspecified atom stereocenters. The Morgan fingerprint density at radius 3 is 2.87 bits per heavy atom. The van der Waals surface area contributed by atoms with Gasteiger partial charge in [0.05, 0.1) is 6.54 Å². The van der Waals surface area contributed by atoms with Gasteiger partial charge in [-0.2, -0.15) is 11.8 Å². The van der Waals surface area contributed by atoms with Gasteiger partial charge >= 0.3 is 6.03 Å². The first kappa shape index (κ1) is 12.3. The first-order valence-electron chi connectivity index (χ1n) is 4.96. The van der Waals surface area contributed by atoms with Crippen LogP contribution in [-0.2, 0) is 4.79 Å². The van der Waals surface area contributed by atoms with Crippen LogP contribution in [-0.4, -0.2) is 52.6 Å². The van der Waals surface area contributed by atoms with Crippen molar-refractivity contribution in [3.63, 3.8) is 0 Å². The van der Waals surface area contributed by atoms with E-state index in [1.807, 2.05) is 6.92 Å². The van der Waals surface area contributed by atoms with Crippen LogP contribution in [0.5, 0.6) is 0 Å². The molecule has 3 amide bonds. The summed E-state index contributed by atoms with van der Waals surface area (Å²) < 4.78 is 0. The highest BCUT2D eigenvalue weighted by molar-refractivity contribution is 7.99. The second-order valence-electron chi connectivity index (χ2n) is 3.40. The standard InChI is InChI=1S/C9H16N2O3S/c1-7(2-4-12)15-5-3-11-8(13)6-10-9(11)14/h7,12H,2-6H2,1H3,(H,10,14). The number of hydrogen-bond donors (Lipinski definition) is 2. The highest BCUT2D eigenvalue weighted by Gasteiger charge is 2.27. The Hall–Kier alpha value is -0.750. The maximum atomic E-state index is 11.2. The van der Waals surface area contributed by atoms with Crippen LogP contribution in [0.3, 0.4) is 0 Å². The Morgan fingerprint density at radius 1 is 1.60 bits per heavy atom. The van der Waals surface area contributed by atoms with Gasteiger partial charge < -0.3 is 10.4 Å². The number of carbonyl (C=O) groups excluding carboxylic acids is 2. The average Bonchev–Trinajstić information content (AvgIpc) is 2.49. The third-order valence-electron chi connectivity index (χ3n) is 2.19. The van der Waals surface area contributed by atoms with E-state index in [0.717, 1.165) is 12.2 Å². The van der Waals surface area contributed by atoms with E-state index in [1.54, 1.807) is 11.8 Å². The van der Waals surface area contributed by atoms with Gasteiger partial charge in [-0.15, -0.1) is 0 Å². The maximum Gasteiger partial charge on any atom is 0.324 e. The summed E-state index contributed by atoms with van der Waals surface area (Å²) in [6.45, 7) is 2.77. The molecule has 0 aromatic heterocycles. The highest BCUT2D eigenvalue weighted by atomic mass is 32.2. The minimum Gasteiger partial charge on any atom is -0.396 e. The Morgan fingerprint density at radius 2 is 2.33 bits per heavy atom. The fourth-order valence-electron chi connectivity index (χ4n) is 1.29. The zero-order valence-electron chi connectivity index (χ0n) is 8.73. The van der Waals surface area contributed by atoms with Crippen LogP contribution in [0.1, 0.15) is 13.3 Å². The molecule has 0 aliphatic carbocycles. The lowest BCUT2D eigenvalue weighted by atomic mass is 10.3. The first-order chi connectivity index (χ1) is 7.15. The molecule has 1 atom stereocenters. The van der Waals surface area contributed by atoms with E-state index in [2.05, 4.69) is 5.32 Å². The van der Waals surface area contributed by atoms with Gasteiger partial charge in [-0.05, 0) is 6.42 Å². The van der Waals surface area contributed by atoms with Gasteiger partial charge in [0, 0.05) is 24.2 Å². The van der Waals surface area contributed by atoms with E-state index in [4.69, 9.17) is 5.11 Å². The van der Waals surface area contributed by atoms with Crippen molar-refractivity contribution in [3.05, 3.63) is 0 Å². The minimum absolute atomic E-state index is 0.121. The summed E-state index contributed by atoms with van der Waals surface area (Å²) in [7, 11) is 0. The van der Waals surface area contributed by atoms with Gasteiger partial charge in [-0.25, -0.2) is 4.79 Å². The molecule has 1 rings (SSSR count). The van der Waals surface area contributed by atoms with Crippen LogP contribution in [0.2, 0.25) is 0 Å². The molecule has 1 saturated heterocycles. The average molecular weight is 232 g/mol. The van der Waals surface area contributed by atoms with Crippen molar-refractivity contribution in [1.29, 1.82) is 0 Å². The van der Waals surface area contributed by atoms with E-state index < -0.39 is 0 Å². The molecule has 0 aromatic carbocycles. The zero-order valence-corrected chi connectivity index (χ0v) is 9.55. The number of aliphatic hydroxyl groups excluding tert-OH is 1. The summed E-state index contributed by atoms with van der Waals surface area (Å²) in [6, 6.07) is -0.296. The molecule has 0 bridgehead atoms. The van der Waals surface area contributed by atoms with Crippen molar-refractivity contribution >= 4 is 23.7 Å². The van der Waals surface area contributed by atoms with Crippen molar-refractivity contribution in [3.8, 4) is 0 Å². The molecule has 2 N–H and O–H groups in total. The molecule has 6 heteroatoms. The molecule has 15 heavy (non-hydrogen) atoms. The highest BCUT2D eigenvalue weighted by Crippen LogP contribution is 2.14. The van der Waals surface area contributed by atoms with Crippen LogP contribution in [0.4, 0.5) is 4.79 Å². The normalized spacial score (nSPS) is 18.1. The Bertz CT molecular complexity index is 232. The van der Waals surface area contributed by atoms with Crippen LogP contribution >= 0.6 is 11.8 Å². The number of aliphatic hydroxyl groups is 1. The van der Waals surface area contributed by atoms with E-state index in [0.29, 0.717) is 11.8 Å². The summed E-state index contributed by atoms with van der Waals surface area (Å²) in [6.07, 6.45) is 0.741. The molecular weight excluding hydrogens is 216 g/mol. The molecule has 0 spiro atoms. The fourth-order valence-corrected chi connectivity index (χ4v) is 2.25. The van der Waals surface area contributed by atoms with Crippen LogP contribution in [0.15, 0.2) is 0 Å². The molecule has 1 fully saturated rings. The Kier molecular flexibility index (Phi) is 4.90. The molecule has 86 valence electrons. The first-order valence-corrected chi connectivity index (χ1v) is 6.00. The maximum absolute atomic E-state index is 11.2. The zero-order chi connectivity index (χ0) is 11.3. The lowest BCUT2D eigenvalue weighted by Gasteiger charge is -2.14. The van der Waals surface area contributed by atoms with Gasteiger partial charge in [0.1, 0.15) is 0 Å². The second-order valence-corrected chi connectivity index (χ2v) is 4.94. The smallest absolute Gasteiger partial charge is 0.324 e. The van der Waals surface area contributed by atoms with E-state index >= 15 is 0 Å². The number of nitrogens with one attached hydrogen (secondary N) is 1. The van der Waals surface area contributed by atoms with Crippen molar-refractivity contribution in [2.45, 2.75) is 18.6 Å². The molecule has 0 radical (unpaired) electrons. The Labute approximate surface area is 93.2 Å². The largest absolute Gasteiger partial charge is 0.396 e. The molecule has 1 heterocycles. The monoisotopic (exact) mass is 232 g/mol. The molecule has 1 aliphatic rings. The SMILES string of the molecule is CC(CCO)SCCN1C(=O)CNC1=O. The summed E-state index contributed by atoms with van der Waals surface area (Å²) >= 11 is 1.66. The van der Waals surface area contributed by atoms with Crippen molar-refractivity contribution < 1.29 is 14.7 Å². The lowest BCUT2D eigenvalue weighted by Crippen LogP contribution is -2.33. The van der Waals surface area contributed by atoms with Crippen LogP contribution < -0.4 is 5.32 Å². The van der Waals surface area contributed by atoms with Crippen molar-refractivity contribution in [1.82, 2.24) is 10.2 Å². The topological polar surface area (TPSA) is 69.6 Å². The van der Waals surface area contributed by atoms with E-state index in [-0.39, 0.29) is 25.1 Å². The molecular formula is C9H16N2O3S. The van der Waals surface area contributed by atoms with Crippen molar-refractivity contribution in [2.75, 3.05) is 25.4 Å². The summed E-state index contributed by atoms with van der Waals surface area (Å²) in [5.41, 5.74) is 0. The van der Waals surface area contributed by atoms with E-state index in [1.165, 1.54) is 4.90 Å². The Balaban J connectivity index is 2.19. The van der Waals surface area contributed by atoms with E-state index in [9.17, 15) is 9.59 Å². The van der Waals surface area contributed by atoms with Crippen LogP contribution in [0, 0.1) is 0 Å². The second kappa shape index (κ2) is 5.97. The quantitative estimate of drug-likeness (QED) is 0.635. The third kappa shape index (κ3) is 3.71. The molecule has 0 aromatic rings. The van der Waals surface area contributed by atoms with Gasteiger partial charge in [0.25, 0.3) is 0 Å². The van der Waals surface area contributed by atoms with Gasteiger partial charge in [0.2, 0.25) is 5.91 Å². The predicted molar refractivity (Wildman–Crippen MR) is 58.7 cm³/mol. The third-order valence-corrected chi connectivity index (χ3v) is 3.41. The molecule has 1 aliphatic heterocycles. The number of nitrogens with zero attached hydrogens (tertiary/aromatic N) is 1. The number of rotatable bonds is 6. The lowest BCUT2D eigenvalue weighted by molar-refractivity contribution is -0.124. The summed E-state index contributed by atoms with van der Waals surface area (Å²) in [4.78, 5) is 23.5. The summed E-state index contributed by atoms with van der Waals surface area (Å²) in [5, 5.41) is 11.5. The fraction of sp³-hybridized carbons (Fsp3) is 0.778. The summed E-state index contributed by atoms with van der Waals surface area (Å²) in [5.74, 6) is 0.566. The van der Waals surface area contributed by atoms with Gasteiger partial charge in [-0.3, -0.25) is 9.69 Å². The molecule has 5 nitrogen and oxygen atoms in total.